The van der Waals surface area contributed by atoms with Crippen LogP contribution >= 0.6 is 27.3 Å². The first kappa shape index (κ1) is 12.6. The standard InChI is InChI=1S/C13H14BrNOS/c14-12-8-10(9-15)3-4-13(12)16-6-5-11-2-1-7-17-11/h1-4,7-8H,5-6,9,15H2. The maximum atomic E-state index is 5.73. The van der Waals surface area contributed by atoms with Crippen LogP contribution in [0.3, 0.4) is 0 Å². The van der Waals surface area contributed by atoms with Crippen LogP contribution < -0.4 is 10.5 Å². The molecule has 0 spiro atoms. The van der Waals surface area contributed by atoms with Crippen LogP contribution in [0.5, 0.6) is 5.75 Å². The fourth-order valence-electron chi connectivity index (χ4n) is 1.50. The Kier molecular flexibility index (Phi) is 4.59. The molecule has 1 aromatic carbocycles. The number of benzene rings is 1. The maximum absolute atomic E-state index is 5.73. The molecule has 1 aromatic heterocycles. The van der Waals surface area contributed by atoms with Gasteiger partial charge in [0, 0.05) is 17.8 Å². The van der Waals surface area contributed by atoms with Gasteiger partial charge >= 0.3 is 0 Å². The topological polar surface area (TPSA) is 35.2 Å². The second-order valence-corrected chi connectivity index (χ2v) is 5.53. The summed E-state index contributed by atoms with van der Waals surface area (Å²) in [6.07, 6.45) is 0.947. The molecule has 0 amide bonds. The largest absolute Gasteiger partial charge is 0.492 e. The lowest BCUT2D eigenvalue weighted by Gasteiger charge is -2.08. The predicted molar refractivity (Wildman–Crippen MR) is 75.6 cm³/mol. The van der Waals surface area contributed by atoms with Crippen LogP contribution in [0.25, 0.3) is 0 Å². The summed E-state index contributed by atoms with van der Waals surface area (Å²) in [6, 6.07) is 10.1. The van der Waals surface area contributed by atoms with Gasteiger partial charge in [-0.05, 0) is 45.1 Å². The minimum atomic E-state index is 0.550. The first-order chi connectivity index (χ1) is 8.29. The SMILES string of the molecule is NCc1ccc(OCCc2cccs2)c(Br)c1. The molecule has 0 saturated carbocycles. The fourth-order valence-corrected chi connectivity index (χ4v) is 2.74. The Hall–Kier alpha value is -0.840. The predicted octanol–water partition coefficient (Wildman–Crippen LogP) is 3.59. The van der Waals surface area contributed by atoms with Crippen LogP contribution in [0.2, 0.25) is 0 Å². The van der Waals surface area contributed by atoms with E-state index in [1.165, 1.54) is 4.88 Å². The first-order valence-electron chi connectivity index (χ1n) is 5.43. The van der Waals surface area contributed by atoms with Crippen molar-refractivity contribution in [2.24, 2.45) is 5.73 Å². The van der Waals surface area contributed by atoms with Gasteiger partial charge in [-0.25, -0.2) is 0 Å². The van der Waals surface area contributed by atoms with E-state index in [9.17, 15) is 0 Å². The van der Waals surface area contributed by atoms with E-state index < -0.39 is 0 Å². The highest BCUT2D eigenvalue weighted by Gasteiger charge is 2.02. The van der Waals surface area contributed by atoms with Crippen molar-refractivity contribution in [3.63, 3.8) is 0 Å². The molecule has 2 N–H and O–H groups in total. The van der Waals surface area contributed by atoms with Crippen molar-refractivity contribution in [2.75, 3.05) is 6.61 Å². The summed E-state index contributed by atoms with van der Waals surface area (Å²) in [4.78, 5) is 1.35. The van der Waals surface area contributed by atoms with Gasteiger partial charge in [-0.2, -0.15) is 0 Å². The van der Waals surface area contributed by atoms with Crippen molar-refractivity contribution < 1.29 is 4.74 Å². The molecule has 0 aliphatic rings. The Labute approximate surface area is 114 Å². The second-order valence-electron chi connectivity index (χ2n) is 3.65. The van der Waals surface area contributed by atoms with E-state index in [2.05, 4.69) is 33.4 Å². The molecule has 0 bridgehead atoms. The highest BCUT2D eigenvalue weighted by atomic mass is 79.9. The number of rotatable bonds is 5. The molecule has 2 aromatic rings. The third-order valence-electron chi connectivity index (χ3n) is 2.42. The molecule has 0 aliphatic carbocycles. The Bertz CT molecular complexity index is 470. The van der Waals surface area contributed by atoms with E-state index >= 15 is 0 Å². The number of hydrogen-bond donors (Lipinski definition) is 1. The normalized spacial score (nSPS) is 10.5. The smallest absolute Gasteiger partial charge is 0.133 e. The lowest BCUT2D eigenvalue weighted by molar-refractivity contribution is 0.321. The maximum Gasteiger partial charge on any atom is 0.133 e. The molecule has 0 fully saturated rings. The number of hydrogen-bond acceptors (Lipinski definition) is 3. The van der Waals surface area contributed by atoms with E-state index in [0.717, 1.165) is 22.2 Å². The molecule has 4 heteroatoms. The van der Waals surface area contributed by atoms with Crippen LogP contribution in [0.1, 0.15) is 10.4 Å². The molecule has 17 heavy (non-hydrogen) atoms. The summed E-state index contributed by atoms with van der Waals surface area (Å²) >= 11 is 5.25. The quantitative estimate of drug-likeness (QED) is 0.916. The van der Waals surface area contributed by atoms with Crippen molar-refractivity contribution in [3.05, 3.63) is 50.6 Å². The van der Waals surface area contributed by atoms with Gasteiger partial charge in [-0.3, -0.25) is 0 Å². The molecular formula is C13H14BrNOS. The van der Waals surface area contributed by atoms with E-state index in [1.807, 2.05) is 18.2 Å². The van der Waals surface area contributed by atoms with Crippen LogP contribution in [-0.2, 0) is 13.0 Å². The zero-order chi connectivity index (χ0) is 12.1. The van der Waals surface area contributed by atoms with Gasteiger partial charge in [-0.15, -0.1) is 11.3 Å². The number of nitrogens with two attached hydrogens (primary N) is 1. The van der Waals surface area contributed by atoms with Crippen LogP contribution in [0.4, 0.5) is 0 Å². The van der Waals surface area contributed by atoms with Gasteiger partial charge in [0.05, 0.1) is 11.1 Å². The zero-order valence-corrected chi connectivity index (χ0v) is 11.8. The molecule has 0 radical (unpaired) electrons. The molecule has 0 unspecified atom stereocenters. The number of halogens is 1. The Balaban J connectivity index is 1.90. The average Bonchev–Trinajstić information content (AvgIpc) is 2.84. The fraction of sp³-hybridized carbons (Fsp3) is 0.231. The highest BCUT2D eigenvalue weighted by Crippen LogP contribution is 2.26. The van der Waals surface area contributed by atoms with Crippen molar-refractivity contribution in [3.8, 4) is 5.75 Å². The molecular weight excluding hydrogens is 298 g/mol. The molecule has 1 heterocycles. The average molecular weight is 312 g/mol. The lowest BCUT2D eigenvalue weighted by Crippen LogP contribution is -2.02. The molecule has 0 saturated heterocycles. The molecule has 2 nitrogen and oxygen atoms in total. The van der Waals surface area contributed by atoms with Crippen LogP contribution in [0.15, 0.2) is 40.2 Å². The second kappa shape index (κ2) is 6.19. The number of thiophene rings is 1. The van der Waals surface area contributed by atoms with Crippen molar-refractivity contribution >= 4 is 27.3 Å². The summed E-state index contributed by atoms with van der Waals surface area (Å²) in [5, 5.41) is 2.08. The van der Waals surface area contributed by atoms with E-state index in [0.29, 0.717) is 13.2 Å². The zero-order valence-electron chi connectivity index (χ0n) is 9.36. The summed E-state index contributed by atoms with van der Waals surface area (Å²) in [7, 11) is 0. The van der Waals surface area contributed by atoms with Crippen LogP contribution in [-0.4, -0.2) is 6.61 Å². The third-order valence-corrected chi connectivity index (χ3v) is 3.97. The van der Waals surface area contributed by atoms with Gasteiger partial charge < -0.3 is 10.5 Å². The Morgan fingerprint density at radius 3 is 2.82 bits per heavy atom. The van der Waals surface area contributed by atoms with Crippen LogP contribution in [0, 0.1) is 0 Å². The lowest BCUT2D eigenvalue weighted by atomic mass is 10.2. The van der Waals surface area contributed by atoms with E-state index in [1.54, 1.807) is 11.3 Å². The van der Waals surface area contributed by atoms with E-state index in [-0.39, 0.29) is 0 Å². The summed E-state index contributed by atoms with van der Waals surface area (Å²) in [5.41, 5.74) is 6.67. The number of ether oxygens (including phenoxy) is 1. The van der Waals surface area contributed by atoms with Crippen molar-refractivity contribution in [1.29, 1.82) is 0 Å². The Morgan fingerprint density at radius 1 is 1.29 bits per heavy atom. The Morgan fingerprint density at radius 2 is 2.18 bits per heavy atom. The van der Waals surface area contributed by atoms with Gasteiger partial charge in [0.2, 0.25) is 0 Å². The molecule has 90 valence electrons. The summed E-state index contributed by atoms with van der Waals surface area (Å²) < 4.78 is 6.69. The summed E-state index contributed by atoms with van der Waals surface area (Å²) in [5.74, 6) is 0.874. The van der Waals surface area contributed by atoms with Crippen molar-refractivity contribution in [1.82, 2.24) is 0 Å². The molecule has 0 atom stereocenters. The van der Waals surface area contributed by atoms with Gasteiger partial charge in [0.25, 0.3) is 0 Å². The van der Waals surface area contributed by atoms with Gasteiger partial charge in [-0.1, -0.05) is 12.1 Å². The van der Waals surface area contributed by atoms with Crippen molar-refractivity contribution in [2.45, 2.75) is 13.0 Å². The monoisotopic (exact) mass is 311 g/mol. The first-order valence-corrected chi connectivity index (χ1v) is 7.10. The third kappa shape index (κ3) is 3.56. The summed E-state index contributed by atoms with van der Waals surface area (Å²) in [6.45, 7) is 1.25. The minimum Gasteiger partial charge on any atom is -0.492 e. The highest BCUT2D eigenvalue weighted by molar-refractivity contribution is 9.10. The molecule has 0 aliphatic heterocycles. The van der Waals surface area contributed by atoms with Gasteiger partial charge in [0.1, 0.15) is 5.75 Å². The molecule has 2 rings (SSSR count). The minimum absolute atomic E-state index is 0.550. The van der Waals surface area contributed by atoms with E-state index in [4.69, 9.17) is 10.5 Å². The van der Waals surface area contributed by atoms with Gasteiger partial charge in [0.15, 0.2) is 0 Å².